The number of ether oxygens (including phenoxy) is 2. The Balaban J connectivity index is 2.13. The number of nitrogens with one attached hydrogen (secondary N) is 1. The number of benzene rings is 1. The minimum absolute atomic E-state index is 0.0176. The summed E-state index contributed by atoms with van der Waals surface area (Å²) < 4.78 is 10.7. The molecule has 0 bridgehead atoms. The van der Waals surface area contributed by atoms with E-state index in [1.165, 1.54) is 0 Å². The number of amides is 1. The Bertz CT molecular complexity index is 465. The Morgan fingerprint density at radius 3 is 3.00 bits per heavy atom. The number of carbonyl (C=O) groups excluding carboxylic acids is 1. The number of hydrogen-bond acceptors (Lipinski definition) is 4. The first-order valence-corrected chi connectivity index (χ1v) is 7.48. The SMILES string of the molecule is CCOCCC(=O)N1CCNCC1c1ccccc1OC. The van der Waals surface area contributed by atoms with Crippen LogP contribution in [0.25, 0.3) is 0 Å². The number of rotatable bonds is 6. The molecule has 2 rings (SSSR count). The first-order valence-electron chi connectivity index (χ1n) is 7.48. The van der Waals surface area contributed by atoms with Crippen LogP contribution in [0.5, 0.6) is 5.75 Å². The average Bonchev–Trinajstić information content (AvgIpc) is 2.55. The van der Waals surface area contributed by atoms with Crippen molar-refractivity contribution in [1.82, 2.24) is 10.2 Å². The van der Waals surface area contributed by atoms with Gasteiger partial charge in [-0.05, 0) is 13.0 Å². The second-order valence-electron chi connectivity index (χ2n) is 5.00. The van der Waals surface area contributed by atoms with Crippen molar-refractivity contribution < 1.29 is 14.3 Å². The monoisotopic (exact) mass is 292 g/mol. The predicted octanol–water partition coefficient (Wildman–Crippen LogP) is 1.59. The average molecular weight is 292 g/mol. The summed E-state index contributed by atoms with van der Waals surface area (Å²) in [7, 11) is 1.66. The Hall–Kier alpha value is -1.59. The van der Waals surface area contributed by atoms with Crippen LogP contribution < -0.4 is 10.1 Å². The van der Waals surface area contributed by atoms with Gasteiger partial charge in [-0.1, -0.05) is 18.2 Å². The lowest BCUT2D eigenvalue weighted by Gasteiger charge is -2.37. The van der Waals surface area contributed by atoms with Gasteiger partial charge in [0.05, 0.1) is 26.2 Å². The molecule has 1 aliphatic heterocycles. The fraction of sp³-hybridized carbons (Fsp3) is 0.562. The van der Waals surface area contributed by atoms with E-state index in [4.69, 9.17) is 9.47 Å². The van der Waals surface area contributed by atoms with Crippen LogP contribution in [0.1, 0.15) is 24.9 Å². The fourth-order valence-electron chi connectivity index (χ4n) is 2.67. The van der Waals surface area contributed by atoms with Gasteiger partial charge < -0.3 is 19.7 Å². The van der Waals surface area contributed by atoms with Crippen molar-refractivity contribution in [2.45, 2.75) is 19.4 Å². The Morgan fingerprint density at radius 2 is 2.24 bits per heavy atom. The Morgan fingerprint density at radius 1 is 1.43 bits per heavy atom. The molecule has 1 atom stereocenters. The maximum atomic E-state index is 12.4. The third kappa shape index (κ3) is 3.95. The molecule has 1 heterocycles. The van der Waals surface area contributed by atoms with E-state index in [1.54, 1.807) is 7.11 Å². The smallest absolute Gasteiger partial charge is 0.225 e. The predicted molar refractivity (Wildman–Crippen MR) is 81.4 cm³/mol. The van der Waals surface area contributed by atoms with E-state index in [0.717, 1.165) is 24.4 Å². The molecule has 116 valence electrons. The molecule has 1 N–H and O–H groups in total. The molecule has 5 heteroatoms. The van der Waals surface area contributed by atoms with Crippen molar-refractivity contribution in [3.05, 3.63) is 29.8 Å². The first-order chi connectivity index (χ1) is 10.3. The van der Waals surface area contributed by atoms with E-state index in [1.807, 2.05) is 36.1 Å². The molecular weight excluding hydrogens is 268 g/mol. The van der Waals surface area contributed by atoms with Gasteiger partial charge in [-0.3, -0.25) is 4.79 Å². The zero-order chi connectivity index (χ0) is 15.1. The minimum atomic E-state index is 0.0176. The van der Waals surface area contributed by atoms with Crippen molar-refractivity contribution in [3.8, 4) is 5.75 Å². The molecule has 0 spiro atoms. The third-order valence-electron chi connectivity index (χ3n) is 3.73. The molecule has 1 amide bonds. The summed E-state index contributed by atoms with van der Waals surface area (Å²) >= 11 is 0. The van der Waals surface area contributed by atoms with E-state index in [-0.39, 0.29) is 11.9 Å². The van der Waals surface area contributed by atoms with E-state index in [9.17, 15) is 4.79 Å². The highest BCUT2D eigenvalue weighted by Crippen LogP contribution is 2.30. The number of nitrogens with zero attached hydrogens (tertiary/aromatic N) is 1. The summed E-state index contributed by atoms with van der Waals surface area (Å²) in [5.74, 6) is 0.967. The molecule has 1 fully saturated rings. The largest absolute Gasteiger partial charge is 0.496 e. The second-order valence-corrected chi connectivity index (χ2v) is 5.00. The standard InChI is InChI=1S/C16H24N2O3/c1-3-21-11-8-16(19)18-10-9-17-12-14(18)13-6-4-5-7-15(13)20-2/h4-7,14,17H,3,8-12H2,1-2H3. The fourth-order valence-corrected chi connectivity index (χ4v) is 2.67. The van der Waals surface area contributed by atoms with E-state index < -0.39 is 0 Å². The van der Waals surface area contributed by atoms with Gasteiger partial charge in [0, 0.05) is 31.8 Å². The highest BCUT2D eigenvalue weighted by atomic mass is 16.5. The molecule has 21 heavy (non-hydrogen) atoms. The highest BCUT2D eigenvalue weighted by molar-refractivity contribution is 5.77. The maximum Gasteiger partial charge on any atom is 0.225 e. The van der Waals surface area contributed by atoms with Gasteiger partial charge >= 0.3 is 0 Å². The zero-order valence-electron chi connectivity index (χ0n) is 12.8. The molecule has 0 aliphatic carbocycles. The molecule has 1 aromatic carbocycles. The van der Waals surface area contributed by atoms with Crippen molar-refractivity contribution >= 4 is 5.91 Å². The van der Waals surface area contributed by atoms with Gasteiger partial charge in [-0.25, -0.2) is 0 Å². The second kappa shape index (κ2) is 8.00. The van der Waals surface area contributed by atoms with Crippen LogP contribution in [-0.2, 0) is 9.53 Å². The lowest BCUT2D eigenvalue weighted by atomic mass is 10.0. The van der Waals surface area contributed by atoms with Gasteiger partial charge in [-0.15, -0.1) is 0 Å². The number of piperazine rings is 1. The van der Waals surface area contributed by atoms with E-state index in [0.29, 0.717) is 26.2 Å². The van der Waals surface area contributed by atoms with Crippen LogP contribution in [0, 0.1) is 0 Å². The van der Waals surface area contributed by atoms with Gasteiger partial charge in [0.25, 0.3) is 0 Å². The van der Waals surface area contributed by atoms with Gasteiger partial charge in [0.2, 0.25) is 5.91 Å². The van der Waals surface area contributed by atoms with Gasteiger partial charge in [-0.2, -0.15) is 0 Å². The summed E-state index contributed by atoms with van der Waals surface area (Å²) in [4.78, 5) is 14.4. The topological polar surface area (TPSA) is 50.8 Å². The number of methoxy groups -OCH3 is 1. The lowest BCUT2D eigenvalue weighted by Crippen LogP contribution is -2.49. The molecule has 1 aromatic rings. The Labute approximate surface area is 126 Å². The normalized spacial score (nSPS) is 18.6. The molecule has 1 unspecified atom stereocenters. The molecule has 5 nitrogen and oxygen atoms in total. The van der Waals surface area contributed by atoms with Crippen LogP contribution in [0.3, 0.4) is 0 Å². The minimum Gasteiger partial charge on any atom is -0.496 e. The van der Waals surface area contributed by atoms with Crippen LogP contribution >= 0.6 is 0 Å². The van der Waals surface area contributed by atoms with Gasteiger partial charge in [0.1, 0.15) is 5.75 Å². The molecule has 0 aromatic heterocycles. The number of hydrogen-bond donors (Lipinski definition) is 1. The van der Waals surface area contributed by atoms with Gasteiger partial charge in [0.15, 0.2) is 0 Å². The third-order valence-corrected chi connectivity index (χ3v) is 3.73. The van der Waals surface area contributed by atoms with Crippen LogP contribution in [0.2, 0.25) is 0 Å². The van der Waals surface area contributed by atoms with Crippen LogP contribution in [-0.4, -0.2) is 50.8 Å². The van der Waals surface area contributed by atoms with Crippen LogP contribution in [0.15, 0.2) is 24.3 Å². The Kier molecular flexibility index (Phi) is 6.02. The summed E-state index contributed by atoms with van der Waals surface area (Å²) in [5.41, 5.74) is 1.05. The summed E-state index contributed by atoms with van der Waals surface area (Å²) in [6.07, 6.45) is 0.430. The summed E-state index contributed by atoms with van der Waals surface area (Å²) in [5, 5.41) is 3.36. The quantitative estimate of drug-likeness (QED) is 0.809. The maximum absolute atomic E-state index is 12.4. The van der Waals surface area contributed by atoms with Crippen molar-refractivity contribution in [2.24, 2.45) is 0 Å². The van der Waals surface area contributed by atoms with E-state index >= 15 is 0 Å². The summed E-state index contributed by atoms with van der Waals surface area (Å²) in [6.45, 7) is 5.36. The van der Waals surface area contributed by atoms with Crippen molar-refractivity contribution in [2.75, 3.05) is 40.0 Å². The zero-order valence-corrected chi connectivity index (χ0v) is 12.8. The van der Waals surface area contributed by atoms with Crippen molar-refractivity contribution in [1.29, 1.82) is 0 Å². The molecule has 1 saturated heterocycles. The summed E-state index contributed by atoms with van der Waals surface area (Å²) in [6, 6.07) is 7.91. The molecule has 0 saturated carbocycles. The number of carbonyl (C=O) groups is 1. The molecular formula is C16H24N2O3. The molecule has 1 aliphatic rings. The first kappa shape index (κ1) is 15.8. The molecule has 0 radical (unpaired) electrons. The highest BCUT2D eigenvalue weighted by Gasteiger charge is 2.29. The lowest BCUT2D eigenvalue weighted by molar-refractivity contribution is -0.135. The van der Waals surface area contributed by atoms with Crippen LogP contribution in [0.4, 0.5) is 0 Å². The van der Waals surface area contributed by atoms with E-state index in [2.05, 4.69) is 5.32 Å². The number of para-hydroxylation sites is 1. The van der Waals surface area contributed by atoms with Crippen molar-refractivity contribution in [3.63, 3.8) is 0 Å².